The van der Waals surface area contributed by atoms with E-state index in [1.165, 1.54) is 18.7 Å². The highest BCUT2D eigenvalue weighted by molar-refractivity contribution is 7.99. The average Bonchev–Trinajstić information content (AvgIpc) is 2.66. The van der Waals surface area contributed by atoms with Crippen molar-refractivity contribution in [1.29, 1.82) is 0 Å². The Kier molecular flexibility index (Phi) is 9.35. The summed E-state index contributed by atoms with van der Waals surface area (Å²) in [5.74, 6) is -0.557. The first-order valence-electron chi connectivity index (χ1n) is 8.84. The molecule has 0 radical (unpaired) electrons. The summed E-state index contributed by atoms with van der Waals surface area (Å²) in [7, 11) is 0. The molecular weight excluding hydrogens is 481 g/mol. The minimum atomic E-state index is -1.80. The van der Waals surface area contributed by atoms with Gasteiger partial charge < -0.3 is 29.7 Å². The first-order valence-corrected chi connectivity index (χ1v) is 10.9. The molecule has 1 amide bonds. The standard InChI is InChI=1S/C18H22Cl3NO7S/c1-9-3-5-11(6-4-9)30-16-13(22-17(26)28-8-18(19,20)21)15(25)14(24)12(29-16)7-27-10(2)23/h3-6,12-16,24-25H,7-8H2,1-2H3,(H,22,26)/t12-,13-,14-,15-,16+/m1/s1. The quantitative estimate of drug-likeness (QED) is 0.402. The molecule has 0 unspecified atom stereocenters. The predicted molar refractivity (Wildman–Crippen MR) is 113 cm³/mol. The molecular formula is C18H22Cl3NO7S. The van der Waals surface area contributed by atoms with E-state index in [2.05, 4.69) is 5.32 Å². The second-order valence-electron chi connectivity index (χ2n) is 6.62. The maximum absolute atomic E-state index is 12.1. The van der Waals surface area contributed by atoms with Crippen molar-refractivity contribution in [3.63, 3.8) is 0 Å². The van der Waals surface area contributed by atoms with Crippen molar-refractivity contribution in [3.8, 4) is 0 Å². The van der Waals surface area contributed by atoms with Gasteiger partial charge in [0.2, 0.25) is 3.79 Å². The fourth-order valence-corrected chi connectivity index (χ4v) is 3.90. The maximum Gasteiger partial charge on any atom is 0.407 e. The van der Waals surface area contributed by atoms with Gasteiger partial charge in [0.1, 0.15) is 37.0 Å². The van der Waals surface area contributed by atoms with Crippen molar-refractivity contribution in [2.24, 2.45) is 0 Å². The molecule has 0 bridgehead atoms. The summed E-state index contributed by atoms with van der Waals surface area (Å²) in [5.41, 5.74) is 0.212. The highest BCUT2D eigenvalue weighted by atomic mass is 35.6. The van der Waals surface area contributed by atoms with Gasteiger partial charge in [-0.1, -0.05) is 64.3 Å². The number of alkyl halides is 3. The van der Waals surface area contributed by atoms with Crippen molar-refractivity contribution in [2.45, 2.75) is 52.3 Å². The third-order valence-electron chi connectivity index (χ3n) is 4.08. The molecule has 0 aliphatic carbocycles. The molecule has 1 aliphatic rings. The number of esters is 1. The molecule has 12 heteroatoms. The molecule has 1 aromatic carbocycles. The van der Waals surface area contributed by atoms with E-state index in [1.54, 1.807) is 0 Å². The molecule has 5 atom stereocenters. The van der Waals surface area contributed by atoms with E-state index >= 15 is 0 Å². The smallest absolute Gasteiger partial charge is 0.407 e. The summed E-state index contributed by atoms with van der Waals surface area (Å²) in [4.78, 5) is 24.0. The SMILES string of the molecule is CC(=O)OC[C@H]1O[C@@H](Sc2ccc(C)cc2)[C@H](NC(=O)OCC(Cl)(Cl)Cl)[C@@H](O)[C@@H]1O. The highest BCUT2D eigenvalue weighted by Crippen LogP contribution is 2.34. The minimum absolute atomic E-state index is 0.261. The van der Waals surface area contributed by atoms with Gasteiger partial charge in [0.05, 0.1) is 6.04 Å². The van der Waals surface area contributed by atoms with Gasteiger partial charge in [0.15, 0.2) is 0 Å². The Morgan fingerprint density at radius 1 is 1.17 bits per heavy atom. The van der Waals surface area contributed by atoms with Gasteiger partial charge in [-0.15, -0.1) is 0 Å². The van der Waals surface area contributed by atoms with Crippen LogP contribution in [0.25, 0.3) is 0 Å². The number of benzene rings is 1. The van der Waals surface area contributed by atoms with Gasteiger partial charge in [-0.05, 0) is 19.1 Å². The summed E-state index contributed by atoms with van der Waals surface area (Å²) >= 11 is 17.9. The predicted octanol–water partition coefficient (Wildman–Crippen LogP) is 2.56. The largest absolute Gasteiger partial charge is 0.463 e. The number of aliphatic hydroxyl groups excluding tert-OH is 2. The monoisotopic (exact) mass is 501 g/mol. The number of carbonyl (C=O) groups is 2. The van der Waals surface area contributed by atoms with E-state index < -0.39 is 52.3 Å². The Hall–Kier alpha value is -0.940. The first-order chi connectivity index (χ1) is 14.0. The summed E-state index contributed by atoms with van der Waals surface area (Å²) in [6.45, 7) is 2.38. The molecule has 30 heavy (non-hydrogen) atoms. The number of aliphatic hydroxyl groups is 2. The zero-order chi connectivity index (χ0) is 22.5. The summed E-state index contributed by atoms with van der Waals surface area (Å²) in [5, 5.41) is 23.4. The maximum atomic E-state index is 12.1. The van der Waals surface area contributed by atoms with E-state index in [-0.39, 0.29) is 6.61 Å². The number of nitrogens with one attached hydrogen (secondary N) is 1. The fourth-order valence-electron chi connectivity index (χ4n) is 2.60. The lowest BCUT2D eigenvalue weighted by Crippen LogP contribution is -2.63. The molecule has 0 aromatic heterocycles. The second kappa shape index (κ2) is 11.1. The number of aryl methyl sites for hydroxylation is 1. The van der Waals surface area contributed by atoms with Gasteiger partial charge in [-0.3, -0.25) is 4.79 Å². The molecule has 8 nitrogen and oxygen atoms in total. The number of hydrogen-bond donors (Lipinski definition) is 3. The van der Waals surface area contributed by atoms with Crippen LogP contribution in [0.15, 0.2) is 29.2 Å². The summed E-state index contributed by atoms with van der Waals surface area (Å²) in [6.07, 6.45) is -4.84. The Bertz CT molecular complexity index is 731. The van der Waals surface area contributed by atoms with E-state index in [1.807, 2.05) is 31.2 Å². The van der Waals surface area contributed by atoms with Crippen LogP contribution in [-0.2, 0) is 19.0 Å². The number of halogens is 3. The van der Waals surface area contributed by atoms with Crippen LogP contribution in [0, 0.1) is 6.92 Å². The molecule has 1 saturated heterocycles. The second-order valence-corrected chi connectivity index (χ2v) is 10.3. The molecule has 168 valence electrons. The van der Waals surface area contributed by atoms with Crippen molar-refractivity contribution >= 4 is 58.6 Å². The zero-order valence-electron chi connectivity index (χ0n) is 16.1. The van der Waals surface area contributed by atoms with Crippen molar-refractivity contribution in [1.82, 2.24) is 5.32 Å². The Morgan fingerprint density at radius 3 is 2.37 bits per heavy atom. The number of alkyl carbamates (subject to hydrolysis) is 1. The Balaban J connectivity index is 2.16. The minimum Gasteiger partial charge on any atom is -0.463 e. The lowest BCUT2D eigenvalue weighted by Gasteiger charge is -2.42. The van der Waals surface area contributed by atoms with E-state index in [4.69, 9.17) is 49.0 Å². The van der Waals surface area contributed by atoms with Gasteiger partial charge in [-0.2, -0.15) is 0 Å². The van der Waals surface area contributed by atoms with Crippen LogP contribution >= 0.6 is 46.6 Å². The Morgan fingerprint density at radius 2 is 1.80 bits per heavy atom. The number of amides is 1. The lowest BCUT2D eigenvalue weighted by atomic mass is 9.98. The average molecular weight is 503 g/mol. The molecule has 1 fully saturated rings. The normalized spacial score (nSPS) is 26.7. The number of ether oxygens (including phenoxy) is 3. The molecule has 0 saturated carbocycles. The molecule has 1 heterocycles. The van der Waals surface area contributed by atoms with Crippen LogP contribution in [-0.4, -0.2) is 69.1 Å². The third kappa shape index (κ3) is 7.96. The van der Waals surface area contributed by atoms with E-state index in [0.717, 1.165) is 10.5 Å². The molecule has 0 spiro atoms. The number of rotatable bonds is 6. The van der Waals surface area contributed by atoms with Crippen LogP contribution in [0.1, 0.15) is 12.5 Å². The molecule has 1 aromatic rings. The van der Waals surface area contributed by atoms with Crippen molar-refractivity contribution in [2.75, 3.05) is 13.2 Å². The van der Waals surface area contributed by atoms with Crippen molar-refractivity contribution < 1.29 is 34.0 Å². The van der Waals surface area contributed by atoms with Crippen LogP contribution < -0.4 is 5.32 Å². The molecule has 1 aliphatic heterocycles. The van der Waals surface area contributed by atoms with Crippen LogP contribution in [0.5, 0.6) is 0 Å². The highest BCUT2D eigenvalue weighted by Gasteiger charge is 2.46. The number of hydrogen-bond acceptors (Lipinski definition) is 8. The topological polar surface area (TPSA) is 114 Å². The van der Waals surface area contributed by atoms with Crippen LogP contribution in [0.4, 0.5) is 4.79 Å². The first kappa shape index (κ1) is 25.3. The van der Waals surface area contributed by atoms with Gasteiger partial charge >= 0.3 is 12.1 Å². The summed E-state index contributed by atoms with van der Waals surface area (Å²) < 4.78 is 13.8. The number of carbonyl (C=O) groups excluding carboxylic acids is 2. The van der Waals surface area contributed by atoms with E-state index in [0.29, 0.717) is 0 Å². The van der Waals surface area contributed by atoms with Gasteiger partial charge in [-0.25, -0.2) is 4.79 Å². The van der Waals surface area contributed by atoms with Crippen LogP contribution in [0.3, 0.4) is 0 Å². The van der Waals surface area contributed by atoms with Crippen molar-refractivity contribution in [3.05, 3.63) is 29.8 Å². The zero-order valence-corrected chi connectivity index (χ0v) is 19.2. The third-order valence-corrected chi connectivity index (χ3v) is 5.58. The number of thioether (sulfide) groups is 1. The molecule has 3 N–H and O–H groups in total. The fraction of sp³-hybridized carbons (Fsp3) is 0.556. The van der Waals surface area contributed by atoms with Crippen LogP contribution in [0.2, 0.25) is 0 Å². The van der Waals surface area contributed by atoms with Gasteiger partial charge in [0, 0.05) is 11.8 Å². The van der Waals surface area contributed by atoms with Gasteiger partial charge in [0.25, 0.3) is 0 Å². The Labute approximate surface area is 193 Å². The summed E-state index contributed by atoms with van der Waals surface area (Å²) in [6, 6.07) is 6.41. The lowest BCUT2D eigenvalue weighted by molar-refractivity contribution is -0.181. The van der Waals surface area contributed by atoms with E-state index in [9.17, 15) is 19.8 Å². The molecule has 2 rings (SSSR count).